The SMILES string of the molecule is NCCN[C@H](CC(=O)Nc1ccc(Cl)cc1)C(=O)O. The van der Waals surface area contributed by atoms with E-state index in [4.69, 9.17) is 22.4 Å². The van der Waals surface area contributed by atoms with Gasteiger partial charge in [0.1, 0.15) is 6.04 Å². The van der Waals surface area contributed by atoms with E-state index < -0.39 is 12.0 Å². The first-order valence-corrected chi connectivity index (χ1v) is 6.12. The first-order chi connectivity index (χ1) is 9.02. The molecule has 0 aliphatic rings. The van der Waals surface area contributed by atoms with Gasteiger partial charge in [-0.15, -0.1) is 0 Å². The number of aliphatic carboxylic acids is 1. The smallest absolute Gasteiger partial charge is 0.321 e. The fourth-order valence-electron chi connectivity index (χ4n) is 1.43. The van der Waals surface area contributed by atoms with Crippen molar-refractivity contribution in [2.75, 3.05) is 18.4 Å². The molecule has 0 aromatic heterocycles. The summed E-state index contributed by atoms with van der Waals surface area (Å²) < 4.78 is 0. The van der Waals surface area contributed by atoms with Crippen LogP contribution in [-0.2, 0) is 9.59 Å². The Hall–Kier alpha value is -1.63. The lowest BCUT2D eigenvalue weighted by Gasteiger charge is -2.13. The van der Waals surface area contributed by atoms with E-state index in [1.807, 2.05) is 0 Å². The van der Waals surface area contributed by atoms with E-state index in [9.17, 15) is 9.59 Å². The Morgan fingerprint density at radius 3 is 2.47 bits per heavy atom. The standard InChI is InChI=1S/C12H16ClN3O3/c13-8-1-3-9(4-2-8)16-11(17)7-10(12(18)19)15-6-5-14/h1-4,10,15H,5-7,14H2,(H,16,17)(H,18,19)/t10-/m1/s1. The van der Waals surface area contributed by atoms with Crippen LogP contribution in [0.2, 0.25) is 5.02 Å². The normalized spacial score (nSPS) is 11.9. The molecule has 0 saturated heterocycles. The lowest BCUT2D eigenvalue weighted by Crippen LogP contribution is -2.41. The van der Waals surface area contributed by atoms with Gasteiger partial charge in [0, 0.05) is 23.8 Å². The maximum Gasteiger partial charge on any atom is 0.321 e. The predicted octanol–water partition coefficient (Wildman–Crippen LogP) is 0.670. The summed E-state index contributed by atoms with van der Waals surface area (Å²) in [5.41, 5.74) is 5.84. The molecule has 19 heavy (non-hydrogen) atoms. The average Bonchev–Trinajstić information content (AvgIpc) is 2.37. The van der Waals surface area contributed by atoms with Crippen molar-refractivity contribution in [3.8, 4) is 0 Å². The minimum absolute atomic E-state index is 0.169. The highest BCUT2D eigenvalue weighted by Gasteiger charge is 2.20. The van der Waals surface area contributed by atoms with Crippen LogP contribution >= 0.6 is 11.6 Å². The molecule has 104 valence electrons. The van der Waals surface area contributed by atoms with Crippen molar-refractivity contribution >= 4 is 29.2 Å². The number of amides is 1. The van der Waals surface area contributed by atoms with Crippen LogP contribution in [0.15, 0.2) is 24.3 Å². The van der Waals surface area contributed by atoms with E-state index in [1.54, 1.807) is 24.3 Å². The van der Waals surface area contributed by atoms with Crippen LogP contribution in [0.1, 0.15) is 6.42 Å². The molecule has 5 N–H and O–H groups in total. The number of carboxylic acid groups (broad SMARTS) is 1. The second-order valence-corrected chi connectivity index (χ2v) is 4.33. The molecule has 0 fully saturated rings. The Morgan fingerprint density at radius 2 is 1.95 bits per heavy atom. The van der Waals surface area contributed by atoms with Gasteiger partial charge in [-0.1, -0.05) is 11.6 Å². The van der Waals surface area contributed by atoms with Gasteiger partial charge in [0.25, 0.3) is 0 Å². The Labute approximate surface area is 115 Å². The fraction of sp³-hybridized carbons (Fsp3) is 0.333. The number of hydrogen-bond acceptors (Lipinski definition) is 4. The fourth-order valence-corrected chi connectivity index (χ4v) is 1.56. The molecule has 7 heteroatoms. The van der Waals surface area contributed by atoms with Crippen molar-refractivity contribution in [3.63, 3.8) is 0 Å². The van der Waals surface area contributed by atoms with Crippen molar-refractivity contribution in [2.45, 2.75) is 12.5 Å². The van der Waals surface area contributed by atoms with Crippen LogP contribution < -0.4 is 16.4 Å². The van der Waals surface area contributed by atoms with Crippen LogP contribution in [0.25, 0.3) is 0 Å². The van der Waals surface area contributed by atoms with Gasteiger partial charge in [-0.2, -0.15) is 0 Å². The molecule has 0 aliphatic heterocycles. The molecule has 0 spiro atoms. The van der Waals surface area contributed by atoms with Gasteiger partial charge >= 0.3 is 5.97 Å². The Morgan fingerprint density at radius 1 is 1.32 bits per heavy atom. The van der Waals surface area contributed by atoms with Crippen molar-refractivity contribution in [3.05, 3.63) is 29.3 Å². The Kier molecular flexibility index (Phi) is 6.27. The highest BCUT2D eigenvalue weighted by atomic mass is 35.5. The van der Waals surface area contributed by atoms with Gasteiger partial charge in [-0.25, -0.2) is 0 Å². The van der Waals surface area contributed by atoms with Crippen LogP contribution in [0.3, 0.4) is 0 Å². The summed E-state index contributed by atoms with van der Waals surface area (Å²) in [6, 6.07) is 5.61. The number of carboxylic acids is 1. The molecule has 1 atom stereocenters. The number of carbonyl (C=O) groups is 2. The molecule has 0 saturated carbocycles. The third kappa shape index (κ3) is 5.69. The number of halogens is 1. The van der Waals surface area contributed by atoms with Gasteiger partial charge in [-0.05, 0) is 24.3 Å². The molecule has 0 heterocycles. The molecular weight excluding hydrogens is 270 g/mol. The van der Waals surface area contributed by atoms with Gasteiger partial charge < -0.3 is 21.5 Å². The van der Waals surface area contributed by atoms with Gasteiger partial charge in [0.2, 0.25) is 5.91 Å². The van der Waals surface area contributed by atoms with E-state index in [2.05, 4.69) is 10.6 Å². The summed E-state index contributed by atoms with van der Waals surface area (Å²) in [4.78, 5) is 22.6. The quantitative estimate of drug-likeness (QED) is 0.589. The maximum absolute atomic E-state index is 11.7. The summed E-state index contributed by atoms with van der Waals surface area (Å²) in [5, 5.41) is 14.8. The van der Waals surface area contributed by atoms with E-state index in [1.165, 1.54) is 0 Å². The van der Waals surface area contributed by atoms with Crippen LogP contribution in [0, 0.1) is 0 Å². The van der Waals surface area contributed by atoms with Crippen LogP contribution in [0.5, 0.6) is 0 Å². The number of rotatable bonds is 7. The van der Waals surface area contributed by atoms with Crippen molar-refractivity contribution in [1.82, 2.24) is 5.32 Å². The number of benzene rings is 1. The second kappa shape index (κ2) is 7.73. The molecule has 6 nitrogen and oxygen atoms in total. The molecule has 1 aromatic carbocycles. The monoisotopic (exact) mass is 285 g/mol. The lowest BCUT2D eigenvalue weighted by atomic mass is 10.2. The second-order valence-electron chi connectivity index (χ2n) is 3.89. The molecular formula is C12H16ClN3O3. The summed E-state index contributed by atoms with van der Waals surface area (Å²) >= 11 is 5.72. The summed E-state index contributed by atoms with van der Waals surface area (Å²) in [5.74, 6) is -1.47. The van der Waals surface area contributed by atoms with Gasteiger partial charge in [0.05, 0.1) is 6.42 Å². The first-order valence-electron chi connectivity index (χ1n) is 5.74. The Bertz CT molecular complexity index is 436. The topological polar surface area (TPSA) is 104 Å². The summed E-state index contributed by atoms with van der Waals surface area (Å²) in [6.07, 6.45) is -0.169. The molecule has 1 rings (SSSR count). The van der Waals surface area contributed by atoms with Crippen molar-refractivity contribution in [1.29, 1.82) is 0 Å². The zero-order chi connectivity index (χ0) is 14.3. The summed E-state index contributed by atoms with van der Waals surface area (Å²) in [7, 11) is 0. The minimum atomic E-state index is -1.08. The molecule has 0 bridgehead atoms. The largest absolute Gasteiger partial charge is 0.480 e. The van der Waals surface area contributed by atoms with Crippen LogP contribution in [0.4, 0.5) is 5.69 Å². The zero-order valence-corrected chi connectivity index (χ0v) is 11.0. The highest BCUT2D eigenvalue weighted by molar-refractivity contribution is 6.30. The minimum Gasteiger partial charge on any atom is -0.480 e. The van der Waals surface area contributed by atoms with E-state index in [0.29, 0.717) is 23.8 Å². The van der Waals surface area contributed by atoms with Crippen molar-refractivity contribution in [2.24, 2.45) is 5.73 Å². The predicted molar refractivity (Wildman–Crippen MR) is 73.2 cm³/mol. The van der Waals surface area contributed by atoms with Crippen molar-refractivity contribution < 1.29 is 14.7 Å². The molecule has 0 unspecified atom stereocenters. The van der Waals surface area contributed by atoms with E-state index in [-0.39, 0.29) is 12.3 Å². The average molecular weight is 286 g/mol. The number of nitrogens with one attached hydrogen (secondary N) is 2. The first kappa shape index (κ1) is 15.4. The number of carbonyl (C=O) groups excluding carboxylic acids is 1. The van der Waals surface area contributed by atoms with E-state index in [0.717, 1.165) is 0 Å². The molecule has 1 amide bonds. The molecule has 0 aliphatic carbocycles. The van der Waals surface area contributed by atoms with E-state index >= 15 is 0 Å². The summed E-state index contributed by atoms with van der Waals surface area (Å²) in [6.45, 7) is 0.647. The van der Waals surface area contributed by atoms with Crippen LogP contribution in [-0.4, -0.2) is 36.1 Å². The number of hydrogen-bond donors (Lipinski definition) is 4. The highest BCUT2D eigenvalue weighted by Crippen LogP contribution is 2.13. The number of anilines is 1. The van der Waals surface area contributed by atoms with Gasteiger partial charge in [0.15, 0.2) is 0 Å². The maximum atomic E-state index is 11.7. The Balaban J connectivity index is 2.52. The molecule has 0 radical (unpaired) electrons. The third-order valence-electron chi connectivity index (χ3n) is 2.35. The number of nitrogens with two attached hydrogens (primary N) is 1. The lowest BCUT2D eigenvalue weighted by molar-refractivity contribution is -0.141. The zero-order valence-electron chi connectivity index (χ0n) is 10.2. The van der Waals surface area contributed by atoms with Gasteiger partial charge in [-0.3, -0.25) is 9.59 Å². The molecule has 1 aromatic rings. The third-order valence-corrected chi connectivity index (χ3v) is 2.60.